The van der Waals surface area contributed by atoms with Crippen molar-refractivity contribution in [1.82, 2.24) is 9.88 Å². The van der Waals surface area contributed by atoms with Crippen molar-refractivity contribution in [2.24, 2.45) is 0 Å². The Labute approximate surface area is 130 Å². The average Bonchev–Trinajstić information content (AvgIpc) is 2.35. The molecule has 0 spiro atoms. The summed E-state index contributed by atoms with van der Waals surface area (Å²) in [4.78, 5) is 18.8. The van der Waals surface area contributed by atoms with Crippen LogP contribution < -0.4 is 0 Å². The second kappa shape index (κ2) is 5.94. The molecule has 1 aromatic rings. The van der Waals surface area contributed by atoms with Crippen LogP contribution in [0.2, 0.25) is 5.15 Å². The monoisotopic (exact) mass is 312 g/mol. The Kier molecular flexibility index (Phi) is 4.65. The minimum atomic E-state index is 0.0598. The first kappa shape index (κ1) is 15.6. The number of amides is 1. The van der Waals surface area contributed by atoms with E-state index in [1.807, 2.05) is 36.6 Å². The van der Waals surface area contributed by atoms with Crippen LogP contribution in [0, 0.1) is 0 Å². The van der Waals surface area contributed by atoms with E-state index in [1.165, 1.54) is 0 Å². The normalized spacial score (nSPS) is 18.4. The lowest BCUT2D eigenvalue weighted by atomic mass is 10.1. The molecule has 1 fully saturated rings. The third kappa shape index (κ3) is 3.67. The molecule has 0 aromatic carbocycles. The molecule has 2 rings (SSSR count). The molecule has 0 radical (unpaired) electrons. The number of hydrogen-bond acceptors (Lipinski definition) is 3. The molecule has 0 saturated carbocycles. The Morgan fingerprint density at radius 1 is 1.45 bits per heavy atom. The molecular formula is C15H21ClN2OS. The molecule has 2 heterocycles. The quantitative estimate of drug-likeness (QED) is 0.778. The Morgan fingerprint density at radius 2 is 2.15 bits per heavy atom. The molecule has 1 saturated heterocycles. The number of rotatable bonds is 2. The lowest BCUT2D eigenvalue weighted by molar-refractivity contribution is 0.0748. The van der Waals surface area contributed by atoms with Gasteiger partial charge in [-0.1, -0.05) is 25.4 Å². The predicted molar refractivity (Wildman–Crippen MR) is 85.8 cm³/mol. The fraction of sp³-hybridized carbons (Fsp3) is 0.600. The van der Waals surface area contributed by atoms with Crippen LogP contribution in [0.4, 0.5) is 0 Å². The van der Waals surface area contributed by atoms with E-state index in [0.717, 1.165) is 24.5 Å². The van der Waals surface area contributed by atoms with E-state index in [1.54, 1.807) is 6.07 Å². The standard InChI is InChI=1S/C15H21ClN2OS/c1-10(2)12-7-11(8-13(16)17-12)14(19)18-5-6-20-15(3,4)9-18/h7-8,10H,5-6,9H2,1-4H3. The fourth-order valence-electron chi connectivity index (χ4n) is 2.31. The SMILES string of the molecule is CC(C)c1cc(C(=O)N2CCSC(C)(C)C2)cc(Cl)n1. The van der Waals surface area contributed by atoms with Crippen molar-refractivity contribution in [2.45, 2.75) is 38.4 Å². The maximum Gasteiger partial charge on any atom is 0.254 e. The van der Waals surface area contributed by atoms with Crippen molar-refractivity contribution in [3.8, 4) is 0 Å². The summed E-state index contributed by atoms with van der Waals surface area (Å²) in [7, 11) is 0. The number of aromatic nitrogens is 1. The molecule has 110 valence electrons. The summed E-state index contributed by atoms with van der Waals surface area (Å²) in [5.74, 6) is 1.30. The van der Waals surface area contributed by atoms with Gasteiger partial charge in [0.15, 0.2) is 0 Å². The first-order valence-corrected chi connectivity index (χ1v) is 8.25. The predicted octanol–water partition coefficient (Wildman–Crippen LogP) is 3.83. The zero-order valence-electron chi connectivity index (χ0n) is 12.4. The van der Waals surface area contributed by atoms with Gasteiger partial charge in [0.1, 0.15) is 5.15 Å². The molecule has 1 amide bonds. The molecule has 20 heavy (non-hydrogen) atoms. The van der Waals surface area contributed by atoms with Crippen LogP contribution in [-0.4, -0.2) is 39.4 Å². The Morgan fingerprint density at radius 3 is 2.75 bits per heavy atom. The smallest absolute Gasteiger partial charge is 0.254 e. The summed E-state index contributed by atoms with van der Waals surface area (Å²) in [5.41, 5.74) is 1.52. The Balaban J connectivity index is 2.24. The summed E-state index contributed by atoms with van der Waals surface area (Å²) >= 11 is 7.96. The van der Waals surface area contributed by atoms with Gasteiger partial charge in [-0.15, -0.1) is 0 Å². The Hall–Kier alpha value is -0.740. The van der Waals surface area contributed by atoms with Crippen LogP contribution in [0.1, 0.15) is 49.7 Å². The van der Waals surface area contributed by atoms with Gasteiger partial charge in [-0.05, 0) is 31.9 Å². The zero-order valence-corrected chi connectivity index (χ0v) is 14.0. The lowest BCUT2D eigenvalue weighted by Crippen LogP contribution is -2.46. The topological polar surface area (TPSA) is 33.2 Å². The second-order valence-electron chi connectivity index (χ2n) is 6.09. The summed E-state index contributed by atoms with van der Waals surface area (Å²) in [6, 6.07) is 3.54. The van der Waals surface area contributed by atoms with Gasteiger partial charge in [-0.3, -0.25) is 4.79 Å². The van der Waals surface area contributed by atoms with Gasteiger partial charge in [0.05, 0.1) is 0 Å². The zero-order chi connectivity index (χ0) is 14.9. The van der Waals surface area contributed by atoms with Crippen LogP contribution in [0.5, 0.6) is 0 Å². The maximum absolute atomic E-state index is 12.6. The van der Waals surface area contributed by atoms with Crippen molar-refractivity contribution < 1.29 is 4.79 Å². The molecule has 0 bridgehead atoms. The number of hydrogen-bond donors (Lipinski definition) is 0. The van der Waals surface area contributed by atoms with Crippen molar-refractivity contribution in [2.75, 3.05) is 18.8 Å². The van der Waals surface area contributed by atoms with Crippen molar-refractivity contribution >= 4 is 29.3 Å². The lowest BCUT2D eigenvalue weighted by Gasteiger charge is -2.37. The van der Waals surface area contributed by atoms with Gasteiger partial charge in [0, 0.05) is 34.8 Å². The van der Waals surface area contributed by atoms with Gasteiger partial charge < -0.3 is 4.90 Å². The molecule has 0 aliphatic carbocycles. The van der Waals surface area contributed by atoms with Crippen LogP contribution >= 0.6 is 23.4 Å². The number of nitrogens with zero attached hydrogens (tertiary/aromatic N) is 2. The van der Waals surface area contributed by atoms with Crippen molar-refractivity contribution in [3.05, 3.63) is 28.5 Å². The second-order valence-corrected chi connectivity index (χ2v) is 8.28. The fourth-order valence-corrected chi connectivity index (χ4v) is 3.64. The van der Waals surface area contributed by atoms with E-state index in [0.29, 0.717) is 10.7 Å². The third-order valence-electron chi connectivity index (χ3n) is 3.37. The summed E-state index contributed by atoms with van der Waals surface area (Å²) in [6.07, 6.45) is 0. The summed E-state index contributed by atoms with van der Waals surface area (Å²) in [5, 5.41) is 0.394. The summed E-state index contributed by atoms with van der Waals surface area (Å²) in [6.45, 7) is 10.0. The van der Waals surface area contributed by atoms with Gasteiger partial charge in [-0.2, -0.15) is 11.8 Å². The first-order chi connectivity index (χ1) is 9.28. The average molecular weight is 313 g/mol. The molecular weight excluding hydrogens is 292 g/mol. The number of carbonyl (C=O) groups is 1. The van der Waals surface area contributed by atoms with E-state index in [4.69, 9.17) is 11.6 Å². The number of carbonyl (C=O) groups excluding carboxylic acids is 1. The van der Waals surface area contributed by atoms with Crippen LogP contribution in [0.15, 0.2) is 12.1 Å². The third-order valence-corrected chi connectivity index (χ3v) is 4.86. The van der Waals surface area contributed by atoms with Crippen molar-refractivity contribution in [1.29, 1.82) is 0 Å². The van der Waals surface area contributed by atoms with E-state index in [2.05, 4.69) is 18.8 Å². The van der Waals surface area contributed by atoms with Gasteiger partial charge in [-0.25, -0.2) is 4.98 Å². The number of pyridine rings is 1. The molecule has 1 aliphatic heterocycles. The maximum atomic E-state index is 12.6. The van der Waals surface area contributed by atoms with E-state index >= 15 is 0 Å². The highest BCUT2D eigenvalue weighted by atomic mass is 35.5. The van der Waals surface area contributed by atoms with Gasteiger partial charge >= 0.3 is 0 Å². The van der Waals surface area contributed by atoms with Gasteiger partial charge in [0.2, 0.25) is 0 Å². The molecule has 3 nitrogen and oxygen atoms in total. The highest BCUT2D eigenvalue weighted by molar-refractivity contribution is 8.00. The molecule has 0 unspecified atom stereocenters. The molecule has 5 heteroatoms. The Bertz CT molecular complexity index is 517. The molecule has 0 N–H and O–H groups in total. The number of thioether (sulfide) groups is 1. The van der Waals surface area contributed by atoms with Crippen LogP contribution in [0.3, 0.4) is 0 Å². The van der Waals surface area contributed by atoms with Gasteiger partial charge in [0.25, 0.3) is 5.91 Å². The highest BCUT2D eigenvalue weighted by Gasteiger charge is 2.30. The minimum Gasteiger partial charge on any atom is -0.336 e. The molecule has 1 aromatic heterocycles. The van der Waals surface area contributed by atoms with Crippen molar-refractivity contribution in [3.63, 3.8) is 0 Å². The molecule has 0 atom stereocenters. The minimum absolute atomic E-state index is 0.0598. The van der Waals surface area contributed by atoms with E-state index < -0.39 is 0 Å². The largest absolute Gasteiger partial charge is 0.336 e. The molecule has 1 aliphatic rings. The first-order valence-electron chi connectivity index (χ1n) is 6.89. The van der Waals surface area contributed by atoms with Crippen LogP contribution in [-0.2, 0) is 0 Å². The van der Waals surface area contributed by atoms with E-state index in [-0.39, 0.29) is 16.6 Å². The number of halogens is 1. The van der Waals surface area contributed by atoms with E-state index in [9.17, 15) is 4.79 Å². The summed E-state index contributed by atoms with van der Waals surface area (Å²) < 4.78 is 0.117. The highest BCUT2D eigenvalue weighted by Crippen LogP contribution is 2.30. The van der Waals surface area contributed by atoms with Crippen LogP contribution in [0.25, 0.3) is 0 Å².